The second-order valence-corrected chi connectivity index (χ2v) is 10.3. The third-order valence-corrected chi connectivity index (χ3v) is 6.18. The smallest absolute Gasteiger partial charge is 0.417 e. The molecule has 0 saturated heterocycles. The van der Waals surface area contributed by atoms with Gasteiger partial charge in [-0.25, -0.2) is 14.0 Å². The molecule has 180 valence electrons. The normalized spacial score (nSPS) is 13.1. The molecule has 1 amide bonds. The van der Waals surface area contributed by atoms with E-state index in [2.05, 4.69) is 26.2 Å². The number of rotatable bonds is 6. The fraction of sp³-hybridized carbons (Fsp3) is 0.143. The molecule has 0 aliphatic rings. The highest BCUT2D eigenvalue weighted by molar-refractivity contribution is 9.10. The molecule has 0 spiro atoms. The number of hydrogen-bond donors (Lipinski definition) is 2. The van der Waals surface area contributed by atoms with E-state index >= 15 is 0 Å². The number of benzene rings is 2. The number of pyridine rings is 1. The van der Waals surface area contributed by atoms with Gasteiger partial charge >= 0.3 is 6.18 Å². The van der Waals surface area contributed by atoms with Crippen molar-refractivity contribution in [2.45, 2.75) is 11.2 Å². The highest BCUT2D eigenvalue weighted by Gasteiger charge is 2.35. The third-order valence-electron chi connectivity index (χ3n) is 4.36. The van der Waals surface area contributed by atoms with E-state index in [1.54, 1.807) is 6.07 Å². The van der Waals surface area contributed by atoms with Gasteiger partial charge in [-0.3, -0.25) is 4.79 Å². The highest BCUT2D eigenvalue weighted by Crippen LogP contribution is 2.42. The number of carbonyl (C=O) groups is 1. The zero-order chi connectivity index (χ0) is 25.3. The Kier molecular flexibility index (Phi) is 7.44. The molecule has 2 aromatic carbocycles. The molecule has 0 bridgehead atoms. The van der Waals surface area contributed by atoms with Crippen molar-refractivity contribution in [2.24, 2.45) is 0 Å². The van der Waals surface area contributed by atoms with Crippen molar-refractivity contribution in [1.29, 1.82) is 4.78 Å². The Balaban J connectivity index is 2.07. The lowest BCUT2D eigenvalue weighted by atomic mass is 10.1. The molecule has 3 aromatic rings. The van der Waals surface area contributed by atoms with E-state index in [9.17, 15) is 22.2 Å². The third kappa shape index (κ3) is 5.99. The Morgan fingerprint density at radius 2 is 1.85 bits per heavy atom. The number of nitrogens with zero attached hydrogens (tertiary/aromatic N) is 1. The summed E-state index contributed by atoms with van der Waals surface area (Å²) in [5.41, 5.74) is -1.37. The van der Waals surface area contributed by atoms with Gasteiger partial charge < -0.3 is 14.8 Å². The molecular weight excluding hydrogens is 563 g/mol. The molecule has 1 aromatic heterocycles. The van der Waals surface area contributed by atoms with Crippen LogP contribution in [-0.4, -0.2) is 28.5 Å². The van der Waals surface area contributed by atoms with Gasteiger partial charge in [0.2, 0.25) is 0 Å². The number of aromatic nitrogens is 1. The van der Waals surface area contributed by atoms with Crippen LogP contribution in [0.15, 0.2) is 58.2 Å². The number of nitrogens with one attached hydrogen (secondary N) is 2. The average molecular weight is 579 g/mol. The minimum absolute atomic E-state index is 0.0568. The molecular formula is C21H16BrClF3N3O4S. The van der Waals surface area contributed by atoms with Crippen molar-refractivity contribution in [2.75, 3.05) is 18.7 Å². The number of anilines is 1. The van der Waals surface area contributed by atoms with Gasteiger partial charge in [-0.15, -0.1) is 0 Å². The lowest BCUT2D eigenvalue weighted by Crippen LogP contribution is -2.15. The van der Waals surface area contributed by atoms with Crippen LogP contribution in [0, 0.1) is 4.78 Å². The Labute approximate surface area is 206 Å². The van der Waals surface area contributed by atoms with E-state index in [0.717, 1.165) is 12.3 Å². The van der Waals surface area contributed by atoms with Crippen LogP contribution >= 0.6 is 27.5 Å². The van der Waals surface area contributed by atoms with Gasteiger partial charge in [0, 0.05) is 22.6 Å². The van der Waals surface area contributed by atoms with Gasteiger partial charge in [0.15, 0.2) is 11.5 Å². The van der Waals surface area contributed by atoms with Crippen molar-refractivity contribution < 1.29 is 31.6 Å². The lowest BCUT2D eigenvalue weighted by molar-refractivity contribution is -0.137. The van der Waals surface area contributed by atoms with Gasteiger partial charge in [-0.1, -0.05) is 27.5 Å². The largest absolute Gasteiger partial charge is 0.493 e. The summed E-state index contributed by atoms with van der Waals surface area (Å²) in [5, 5.41) is 1.69. The number of halogens is 5. The maximum absolute atomic E-state index is 13.5. The molecule has 1 atom stereocenters. The van der Waals surface area contributed by atoms with Gasteiger partial charge in [0.1, 0.15) is 10.8 Å². The standard InChI is InChI=1S/C21H16BrClF3N3O4S/c1-32-18-7-11(22)3-4-16(18)33-17-10-14(21(24,25)26)15(23)9-13(17)20(30)29-12-5-6-28-19(8-12)34(2,27)31/h3-10,27H,1-2H3,(H,28,29,30)/t34-/m1/s1. The molecule has 13 heteroatoms. The first-order chi connectivity index (χ1) is 15.8. The van der Waals surface area contributed by atoms with Crippen LogP contribution in [0.4, 0.5) is 18.9 Å². The van der Waals surface area contributed by atoms with Crippen LogP contribution in [0.3, 0.4) is 0 Å². The molecule has 7 nitrogen and oxygen atoms in total. The number of amides is 1. The summed E-state index contributed by atoms with van der Waals surface area (Å²) in [7, 11) is -1.81. The molecule has 1 heterocycles. The second kappa shape index (κ2) is 9.80. The number of carbonyl (C=O) groups excluding carboxylic acids is 1. The fourth-order valence-corrected chi connectivity index (χ4v) is 4.00. The molecule has 34 heavy (non-hydrogen) atoms. The van der Waals surface area contributed by atoms with Crippen LogP contribution in [-0.2, 0) is 15.9 Å². The Morgan fingerprint density at radius 1 is 1.15 bits per heavy atom. The lowest BCUT2D eigenvalue weighted by Gasteiger charge is -2.17. The summed E-state index contributed by atoms with van der Waals surface area (Å²) in [6.07, 6.45) is -2.40. The molecule has 0 aliphatic heterocycles. The van der Waals surface area contributed by atoms with E-state index < -0.39 is 38.1 Å². The van der Waals surface area contributed by atoms with Crippen molar-refractivity contribution in [3.63, 3.8) is 0 Å². The van der Waals surface area contributed by atoms with Crippen molar-refractivity contribution in [3.05, 3.63) is 69.3 Å². The molecule has 2 N–H and O–H groups in total. The van der Waals surface area contributed by atoms with Gasteiger partial charge in [0.25, 0.3) is 5.91 Å². The summed E-state index contributed by atoms with van der Waals surface area (Å²) in [5.74, 6) is -1.02. The van der Waals surface area contributed by atoms with Crippen molar-refractivity contribution in [3.8, 4) is 17.2 Å². The summed E-state index contributed by atoms with van der Waals surface area (Å²) in [6, 6.07) is 8.65. The molecule has 0 radical (unpaired) electrons. The first-order valence-corrected chi connectivity index (χ1v) is 12.4. The molecule has 0 unspecified atom stereocenters. The molecule has 3 rings (SSSR count). The van der Waals surface area contributed by atoms with E-state index in [4.69, 9.17) is 25.9 Å². The summed E-state index contributed by atoms with van der Waals surface area (Å²) in [6.45, 7) is 0. The van der Waals surface area contributed by atoms with Crippen LogP contribution in [0.1, 0.15) is 15.9 Å². The zero-order valence-corrected chi connectivity index (χ0v) is 20.7. The number of hydrogen-bond acceptors (Lipinski definition) is 6. The van der Waals surface area contributed by atoms with Crippen LogP contribution < -0.4 is 14.8 Å². The first kappa shape index (κ1) is 25.8. The zero-order valence-electron chi connectivity index (χ0n) is 17.5. The fourth-order valence-electron chi connectivity index (χ4n) is 2.78. The quantitative estimate of drug-likeness (QED) is 0.343. The van der Waals surface area contributed by atoms with Crippen molar-refractivity contribution >= 4 is 48.9 Å². The maximum Gasteiger partial charge on any atom is 0.417 e. The van der Waals surface area contributed by atoms with Gasteiger partial charge in [-0.2, -0.15) is 13.2 Å². The Hall–Kier alpha value is -2.83. The topological polar surface area (TPSA) is 101 Å². The minimum Gasteiger partial charge on any atom is -0.493 e. The van der Waals surface area contributed by atoms with E-state index in [1.165, 1.54) is 37.6 Å². The number of alkyl halides is 3. The summed E-state index contributed by atoms with van der Waals surface area (Å²) in [4.78, 5) is 16.8. The van der Waals surface area contributed by atoms with Crippen LogP contribution in [0.5, 0.6) is 17.2 Å². The summed E-state index contributed by atoms with van der Waals surface area (Å²) >= 11 is 9.10. The SMILES string of the molecule is COc1cc(Br)ccc1Oc1cc(C(F)(F)F)c(Cl)cc1C(=O)Nc1ccnc([S@](C)(=N)=O)c1. The minimum atomic E-state index is -4.80. The van der Waals surface area contributed by atoms with Gasteiger partial charge in [-0.05, 0) is 42.5 Å². The Morgan fingerprint density at radius 3 is 2.47 bits per heavy atom. The summed E-state index contributed by atoms with van der Waals surface area (Å²) < 4.78 is 71.5. The highest BCUT2D eigenvalue weighted by atomic mass is 79.9. The average Bonchev–Trinajstić information content (AvgIpc) is 2.74. The van der Waals surface area contributed by atoms with E-state index in [1.807, 2.05) is 0 Å². The second-order valence-electron chi connectivity index (χ2n) is 6.90. The van der Waals surface area contributed by atoms with Gasteiger partial charge in [0.05, 0.1) is 33.0 Å². The van der Waals surface area contributed by atoms with Crippen molar-refractivity contribution in [1.82, 2.24) is 4.98 Å². The maximum atomic E-state index is 13.5. The molecule has 0 fully saturated rings. The predicted molar refractivity (Wildman–Crippen MR) is 124 cm³/mol. The van der Waals surface area contributed by atoms with Crippen LogP contribution in [0.25, 0.3) is 0 Å². The molecule has 0 aliphatic carbocycles. The first-order valence-electron chi connectivity index (χ1n) is 9.23. The molecule has 0 saturated carbocycles. The van der Waals surface area contributed by atoms with E-state index in [0.29, 0.717) is 10.5 Å². The predicted octanol–water partition coefficient (Wildman–Crippen LogP) is 6.60. The number of ether oxygens (including phenoxy) is 2. The van der Waals surface area contributed by atoms with E-state index in [-0.39, 0.29) is 27.8 Å². The Bertz CT molecular complexity index is 1370. The monoisotopic (exact) mass is 577 g/mol. The number of methoxy groups -OCH3 is 1. The van der Waals surface area contributed by atoms with Crippen LogP contribution in [0.2, 0.25) is 5.02 Å².